The van der Waals surface area contributed by atoms with E-state index in [1.165, 1.54) is 7.11 Å². The molecule has 1 aliphatic heterocycles. The van der Waals surface area contributed by atoms with Gasteiger partial charge < -0.3 is 24.6 Å². The van der Waals surface area contributed by atoms with E-state index >= 15 is 0 Å². The molecule has 8 nitrogen and oxygen atoms in total. The van der Waals surface area contributed by atoms with Crippen molar-refractivity contribution >= 4 is 17.9 Å². The number of carbonyl (C=O) groups is 3. The van der Waals surface area contributed by atoms with E-state index in [0.717, 1.165) is 6.42 Å². The molecule has 0 aromatic rings. The van der Waals surface area contributed by atoms with Crippen LogP contribution in [0.15, 0.2) is 0 Å². The van der Waals surface area contributed by atoms with Gasteiger partial charge in [-0.1, -0.05) is 0 Å². The van der Waals surface area contributed by atoms with E-state index in [0.29, 0.717) is 39.3 Å². The fourth-order valence-corrected chi connectivity index (χ4v) is 2.77. The van der Waals surface area contributed by atoms with Crippen molar-refractivity contribution in [1.29, 1.82) is 0 Å². The molecular weight excluding hydrogens is 302 g/mol. The Morgan fingerprint density at radius 2 is 2.22 bits per heavy atom. The molecule has 1 saturated carbocycles. The van der Waals surface area contributed by atoms with Crippen LogP contribution in [0.1, 0.15) is 13.3 Å². The van der Waals surface area contributed by atoms with Crippen LogP contribution in [0.5, 0.6) is 0 Å². The molecule has 2 atom stereocenters. The first-order valence-corrected chi connectivity index (χ1v) is 8.03. The van der Waals surface area contributed by atoms with Crippen LogP contribution in [0.3, 0.4) is 0 Å². The summed E-state index contributed by atoms with van der Waals surface area (Å²) in [6.07, 6.45) is 0.750. The lowest BCUT2D eigenvalue weighted by Crippen LogP contribution is -2.42. The molecule has 8 heteroatoms. The van der Waals surface area contributed by atoms with Crippen LogP contribution in [-0.4, -0.2) is 80.8 Å². The molecule has 0 aromatic carbocycles. The van der Waals surface area contributed by atoms with Crippen molar-refractivity contribution in [2.24, 2.45) is 11.8 Å². The average Bonchev–Trinajstić information content (AvgIpc) is 3.18. The molecule has 2 rings (SSSR count). The Labute approximate surface area is 136 Å². The Bertz CT molecular complexity index is 456. The smallest absolute Gasteiger partial charge is 0.317 e. The van der Waals surface area contributed by atoms with Gasteiger partial charge in [-0.3, -0.25) is 9.59 Å². The van der Waals surface area contributed by atoms with E-state index in [9.17, 15) is 14.4 Å². The van der Waals surface area contributed by atoms with E-state index in [2.05, 4.69) is 5.32 Å². The van der Waals surface area contributed by atoms with Gasteiger partial charge in [0.1, 0.15) is 6.61 Å². The third-order valence-corrected chi connectivity index (χ3v) is 4.17. The number of nitrogens with zero attached hydrogens (tertiary/aromatic N) is 2. The number of ether oxygens (including phenoxy) is 2. The van der Waals surface area contributed by atoms with Gasteiger partial charge in [0.15, 0.2) is 0 Å². The van der Waals surface area contributed by atoms with Gasteiger partial charge >= 0.3 is 12.0 Å². The number of rotatable bonds is 9. The summed E-state index contributed by atoms with van der Waals surface area (Å²) in [5.41, 5.74) is 0. The molecule has 1 aliphatic carbocycles. The molecule has 23 heavy (non-hydrogen) atoms. The molecule has 0 spiro atoms. The van der Waals surface area contributed by atoms with Crippen LogP contribution in [0.2, 0.25) is 0 Å². The fourth-order valence-electron chi connectivity index (χ4n) is 2.77. The van der Waals surface area contributed by atoms with E-state index in [4.69, 9.17) is 9.47 Å². The molecule has 0 unspecified atom stereocenters. The first kappa shape index (κ1) is 17.5. The van der Waals surface area contributed by atoms with Crippen LogP contribution in [-0.2, 0) is 19.1 Å². The molecule has 2 fully saturated rings. The molecule has 3 amide bonds. The Hall–Kier alpha value is -1.83. The summed E-state index contributed by atoms with van der Waals surface area (Å²) >= 11 is 0. The highest BCUT2D eigenvalue weighted by molar-refractivity contribution is 5.79. The van der Waals surface area contributed by atoms with Crippen molar-refractivity contribution in [2.75, 3.05) is 53.0 Å². The van der Waals surface area contributed by atoms with Crippen molar-refractivity contribution in [1.82, 2.24) is 15.1 Å². The number of amides is 3. The molecule has 1 N–H and O–H groups in total. The SMILES string of the molecule is CCOC(=O)[C@@H]1C[C@H]1CN(CCN1CCNC1=O)C(=O)COC. The van der Waals surface area contributed by atoms with E-state index in [-0.39, 0.29) is 36.4 Å². The number of nitrogens with one attached hydrogen (secondary N) is 1. The summed E-state index contributed by atoms with van der Waals surface area (Å²) in [5.74, 6) is -0.276. The first-order valence-electron chi connectivity index (χ1n) is 8.03. The Balaban J connectivity index is 1.84. The predicted octanol–water partition coefficient (Wildman–Crippen LogP) is -0.314. The minimum atomic E-state index is -0.185. The maximum absolute atomic E-state index is 12.2. The Morgan fingerprint density at radius 1 is 1.43 bits per heavy atom. The number of esters is 1. The quantitative estimate of drug-likeness (QED) is 0.587. The summed E-state index contributed by atoms with van der Waals surface area (Å²) in [7, 11) is 1.47. The molecule has 0 bridgehead atoms. The number of carbonyl (C=O) groups excluding carboxylic acids is 3. The molecule has 0 radical (unpaired) electrons. The Morgan fingerprint density at radius 3 is 2.83 bits per heavy atom. The van der Waals surface area contributed by atoms with Crippen molar-refractivity contribution in [2.45, 2.75) is 13.3 Å². The van der Waals surface area contributed by atoms with Gasteiger partial charge in [0.05, 0.1) is 12.5 Å². The maximum atomic E-state index is 12.2. The highest BCUT2D eigenvalue weighted by Crippen LogP contribution is 2.40. The largest absolute Gasteiger partial charge is 0.466 e. The summed E-state index contributed by atoms with van der Waals surface area (Å²) in [4.78, 5) is 38.8. The van der Waals surface area contributed by atoms with Gasteiger partial charge in [0.25, 0.3) is 0 Å². The van der Waals surface area contributed by atoms with Gasteiger partial charge in [-0.15, -0.1) is 0 Å². The van der Waals surface area contributed by atoms with Gasteiger partial charge in [0.2, 0.25) is 5.91 Å². The minimum absolute atomic E-state index is 0.00297. The summed E-state index contributed by atoms with van der Waals surface area (Å²) in [6.45, 7) is 4.88. The van der Waals surface area contributed by atoms with Crippen LogP contribution < -0.4 is 5.32 Å². The molecular formula is C15H25N3O5. The van der Waals surface area contributed by atoms with Crippen molar-refractivity contribution in [3.05, 3.63) is 0 Å². The second-order valence-electron chi connectivity index (χ2n) is 5.85. The van der Waals surface area contributed by atoms with Crippen LogP contribution in [0.25, 0.3) is 0 Å². The van der Waals surface area contributed by atoms with Crippen LogP contribution in [0.4, 0.5) is 4.79 Å². The summed E-state index contributed by atoms with van der Waals surface area (Å²) < 4.78 is 9.93. The van der Waals surface area contributed by atoms with Gasteiger partial charge in [-0.25, -0.2) is 4.79 Å². The highest BCUT2D eigenvalue weighted by atomic mass is 16.5. The third kappa shape index (κ3) is 4.82. The second kappa shape index (κ2) is 8.14. The zero-order valence-corrected chi connectivity index (χ0v) is 13.7. The lowest BCUT2D eigenvalue weighted by atomic mass is 10.3. The monoisotopic (exact) mass is 327 g/mol. The topological polar surface area (TPSA) is 88.2 Å². The lowest BCUT2D eigenvalue weighted by molar-refractivity contribution is -0.145. The Kier molecular flexibility index (Phi) is 6.20. The standard InChI is InChI=1S/C15H25N3O5/c1-3-23-14(20)12-8-11(12)9-18(13(19)10-22-2)7-6-17-5-4-16-15(17)21/h11-12H,3-10H2,1-2H3,(H,16,21)/t11-,12+/m0/s1. The van der Waals surface area contributed by atoms with Gasteiger partial charge in [-0.2, -0.15) is 0 Å². The highest BCUT2D eigenvalue weighted by Gasteiger charge is 2.45. The number of methoxy groups -OCH3 is 1. The molecule has 1 saturated heterocycles. The third-order valence-electron chi connectivity index (χ3n) is 4.17. The van der Waals surface area contributed by atoms with Gasteiger partial charge in [0, 0.05) is 39.8 Å². The van der Waals surface area contributed by atoms with Crippen molar-refractivity contribution < 1.29 is 23.9 Å². The zero-order chi connectivity index (χ0) is 16.8. The summed E-state index contributed by atoms with van der Waals surface area (Å²) in [5, 5.41) is 2.73. The zero-order valence-electron chi connectivity index (χ0n) is 13.7. The van der Waals surface area contributed by atoms with E-state index in [1.807, 2.05) is 0 Å². The second-order valence-corrected chi connectivity index (χ2v) is 5.85. The van der Waals surface area contributed by atoms with Crippen molar-refractivity contribution in [3.63, 3.8) is 0 Å². The minimum Gasteiger partial charge on any atom is -0.466 e. The molecule has 0 aromatic heterocycles. The molecule has 130 valence electrons. The van der Waals surface area contributed by atoms with Crippen molar-refractivity contribution in [3.8, 4) is 0 Å². The number of hydrogen-bond acceptors (Lipinski definition) is 5. The fraction of sp³-hybridized carbons (Fsp3) is 0.800. The van der Waals surface area contributed by atoms with E-state index < -0.39 is 0 Å². The molecule has 2 aliphatic rings. The maximum Gasteiger partial charge on any atom is 0.317 e. The van der Waals surface area contributed by atoms with Gasteiger partial charge in [-0.05, 0) is 19.3 Å². The molecule has 1 heterocycles. The predicted molar refractivity (Wildman–Crippen MR) is 81.7 cm³/mol. The summed E-state index contributed by atoms with van der Waals surface area (Å²) in [6, 6.07) is -0.0973. The average molecular weight is 327 g/mol. The number of urea groups is 1. The normalized spacial score (nSPS) is 22.7. The lowest BCUT2D eigenvalue weighted by Gasteiger charge is -2.25. The van der Waals surface area contributed by atoms with Crippen LogP contribution >= 0.6 is 0 Å². The van der Waals surface area contributed by atoms with Crippen LogP contribution in [0, 0.1) is 11.8 Å². The van der Waals surface area contributed by atoms with E-state index in [1.54, 1.807) is 16.7 Å². The number of hydrogen-bond donors (Lipinski definition) is 1. The first-order chi connectivity index (χ1) is 11.1.